The number of allylic oxidation sites excluding steroid dienone is 1. The third-order valence-corrected chi connectivity index (χ3v) is 6.00. The third-order valence-electron chi connectivity index (χ3n) is 4.84. The molecule has 0 aromatic carbocycles. The standard InChI is InChI=1S/C22H42O5S/c1-3-5-7-8-9-10-11-14-17-21(28(24,25)26)18-15-12-13-16-19-22(23)27-20-6-4-2/h14,17,21H,3-13,15-16,18-20H2,1-2H3,(H,24,25,26)/b17-14-. The van der Waals surface area contributed by atoms with Gasteiger partial charge in [0.1, 0.15) is 5.25 Å². The van der Waals surface area contributed by atoms with Crippen LogP contribution in [0.15, 0.2) is 12.2 Å². The summed E-state index contributed by atoms with van der Waals surface area (Å²) in [5.41, 5.74) is 0. The highest BCUT2D eigenvalue weighted by molar-refractivity contribution is 7.86. The molecule has 0 aromatic rings. The molecule has 28 heavy (non-hydrogen) atoms. The van der Waals surface area contributed by atoms with E-state index in [1.165, 1.54) is 32.1 Å². The number of esters is 1. The summed E-state index contributed by atoms with van der Waals surface area (Å²) in [5, 5.41) is -0.813. The maximum atomic E-state index is 11.5. The van der Waals surface area contributed by atoms with Gasteiger partial charge in [-0.25, -0.2) is 0 Å². The van der Waals surface area contributed by atoms with E-state index in [9.17, 15) is 17.8 Å². The van der Waals surface area contributed by atoms with Crippen LogP contribution in [0.3, 0.4) is 0 Å². The van der Waals surface area contributed by atoms with Crippen molar-refractivity contribution < 1.29 is 22.5 Å². The van der Waals surface area contributed by atoms with Gasteiger partial charge in [-0.15, -0.1) is 0 Å². The Hall–Kier alpha value is -0.880. The van der Waals surface area contributed by atoms with E-state index >= 15 is 0 Å². The second-order valence-corrected chi connectivity index (χ2v) is 9.20. The fraction of sp³-hybridized carbons (Fsp3) is 0.864. The van der Waals surface area contributed by atoms with Crippen molar-refractivity contribution in [1.82, 2.24) is 0 Å². The van der Waals surface area contributed by atoms with E-state index in [2.05, 4.69) is 13.8 Å². The molecule has 5 nitrogen and oxygen atoms in total. The molecule has 0 spiro atoms. The first-order chi connectivity index (χ1) is 13.4. The van der Waals surface area contributed by atoms with E-state index < -0.39 is 15.4 Å². The van der Waals surface area contributed by atoms with Gasteiger partial charge < -0.3 is 4.74 Å². The minimum atomic E-state index is -4.05. The second-order valence-electron chi connectivity index (χ2n) is 7.56. The summed E-state index contributed by atoms with van der Waals surface area (Å²) in [7, 11) is -4.05. The van der Waals surface area contributed by atoms with Gasteiger partial charge in [-0.05, 0) is 32.1 Å². The summed E-state index contributed by atoms with van der Waals surface area (Å²) in [4.78, 5) is 11.5. The molecular formula is C22H42O5S. The first kappa shape index (κ1) is 27.1. The number of carbonyl (C=O) groups is 1. The monoisotopic (exact) mass is 418 g/mol. The Morgan fingerprint density at radius 1 is 0.893 bits per heavy atom. The predicted molar refractivity (Wildman–Crippen MR) is 116 cm³/mol. The maximum absolute atomic E-state index is 11.5. The molecule has 0 saturated heterocycles. The van der Waals surface area contributed by atoms with Gasteiger partial charge in [-0.1, -0.05) is 83.8 Å². The van der Waals surface area contributed by atoms with Crippen LogP contribution in [-0.2, 0) is 19.6 Å². The van der Waals surface area contributed by atoms with Crippen molar-refractivity contribution in [3.8, 4) is 0 Å². The molecule has 0 rings (SSSR count). The maximum Gasteiger partial charge on any atom is 0.305 e. The zero-order chi connectivity index (χ0) is 21.1. The molecule has 0 radical (unpaired) electrons. The molecule has 0 saturated carbocycles. The van der Waals surface area contributed by atoms with Crippen LogP contribution in [-0.4, -0.2) is 30.8 Å². The van der Waals surface area contributed by atoms with Crippen LogP contribution in [0.2, 0.25) is 0 Å². The van der Waals surface area contributed by atoms with Crippen LogP contribution in [0.5, 0.6) is 0 Å². The van der Waals surface area contributed by atoms with E-state index in [0.717, 1.165) is 51.4 Å². The smallest absolute Gasteiger partial charge is 0.305 e. The SMILES string of the molecule is CCCCCCCC/C=C\C(CCCCCCC(=O)OCCCC)S(=O)(=O)O. The van der Waals surface area contributed by atoms with Crippen LogP contribution >= 0.6 is 0 Å². The lowest BCUT2D eigenvalue weighted by Gasteiger charge is -2.09. The Bertz CT molecular complexity index is 499. The van der Waals surface area contributed by atoms with Crippen molar-refractivity contribution in [2.75, 3.05) is 6.61 Å². The Labute approximate surface area is 173 Å². The van der Waals surface area contributed by atoms with Crippen molar-refractivity contribution in [1.29, 1.82) is 0 Å². The average molecular weight is 419 g/mol. The number of unbranched alkanes of at least 4 members (excludes halogenated alkanes) is 10. The molecule has 6 heteroatoms. The summed E-state index contributed by atoms with van der Waals surface area (Å²) in [6.45, 7) is 4.74. The molecule has 1 unspecified atom stereocenters. The van der Waals surface area contributed by atoms with Gasteiger partial charge in [0.05, 0.1) is 6.61 Å². The van der Waals surface area contributed by atoms with Crippen molar-refractivity contribution in [2.45, 2.75) is 115 Å². The topological polar surface area (TPSA) is 80.7 Å². The molecular weight excluding hydrogens is 376 g/mol. The zero-order valence-corrected chi connectivity index (χ0v) is 18.9. The number of carbonyl (C=O) groups excluding carboxylic acids is 1. The lowest BCUT2D eigenvalue weighted by Crippen LogP contribution is -2.17. The van der Waals surface area contributed by atoms with Crippen LogP contribution in [0, 0.1) is 0 Å². The summed E-state index contributed by atoms with van der Waals surface area (Å²) >= 11 is 0. The number of hydrogen-bond acceptors (Lipinski definition) is 4. The third kappa shape index (κ3) is 17.2. The Morgan fingerprint density at radius 2 is 1.50 bits per heavy atom. The summed E-state index contributed by atoms with van der Waals surface area (Å²) in [5.74, 6) is -0.151. The van der Waals surface area contributed by atoms with E-state index in [1.807, 2.05) is 6.08 Å². The Morgan fingerprint density at radius 3 is 2.18 bits per heavy atom. The summed E-state index contributed by atoms with van der Waals surface area (Å²) in [6.07, 6.45) is 17.6. The highest BCUT2D eigenvalue weighted by atomic mass is 32.2. The number of ether oxygens (including phenoxy) is 1. The van der Waals surface area contributed by atoms with Crippen LogP contribution in [0.1, 0.15) is 110 Å². The molecule has 1 N–H and O–H groups in total. The highest BCUT2D eigenvalue weighted by Crippen LogP contribution is 2.15. The predicted octanol–water partition coefficient (Wildman–Crippen LogP) is 6.23. The van der Waals surface area contributed by atoms with E-state index in [-0.39, 0.29) is 5.97 Å². The van der Waals surface area contributed by atoms with Crippen LogP contribution < -0.4 is 0 Å². The van der Waals surface area contributed by atoms with E-state index in [1.54, 1.807) is 6.08 Å². The highest BCUT2D eigenvalue weighted by Gasteiger charge is 2.19. The van der Waals surface area contributed by atoms with Crippen LogP contribution in [0.25, 0.3) is 0 Å². The number of hydrogen-bond donors (Lipinski definition) is 1. The first-order valence-corrected chi connectivity index (χ1v) is 12.7. The second kappa shape index (κ2) is 18.2. The van der Waals surface area contributed by atoms with E-state index in [4.69, 9.17) is 4.74 Å². The van der Waals surface area contributed by atoms with Gasteiger partial charge in [0, 0.05) is 6.42 Å². The fourth-order valence-corrected chi connectivity index (χ4v) is 3.78. The molecule has 166 valence electrons. The zero-order valence-electron chi connectivity index (χ0n) is 18.0. The molecule has 0 amide bonds. The van der Waals surface area contributed by atoms with Gasteiger partial charge in [-0.3, -0.25) is 9.35 Å². The lowest BCUT2D eigenvalue weighted by molar-refractivity contribution is -0.143. The Balaban J connectivity index is 3.90. The molecule has 0 aliphatic heterocycles. The minimum absolute atomic E-state index is 0.151. The molecule has 0 aliphatic carbocycles. The molecule has 0 aliphatic rings. The molecule has 0 heterocycles. The van der Waals surface area contributed by atoms with Crippen molar-refractivity contribution in [3.05, 3.63) is 12.2 Å². The summed E-state index contributed by atoms with van der Waals surface area (Å²) < 4.78 is 37.6. The molecule has 0 fully saturated rings. The van der Waals surface area contributed by atoms with E-state index in [0.29, 0.717) is 19.4 Å². The van der Waals surface area contributed by atoms with Crippen molar-refractivity contribution in [2.24, 2.45) is 0 Å². The summed E-state index contributed by atoms with van der Waals surface area (Å²) in [6, 6.07) is 0. The van der Waals surface area contributed by atoms with Crippen molar-refractivity contribution in [3.63, 3.8) is 0 Å². The first-order valence-electron chi connectivity index (χ1n) is 11.2. The molecule has 1 atom stereocenters. The van der Waals surface area contributed by atoms with Gasteiger partial charge in [0.15, 0.2) is 0 Å². The van der Waals surface area contributed by atoms with Crippen LogP contribution in [0.4, 0.5) is 0 Å². The number of rotatable bonds is 19. The average Bonchev–Trinajstić information content (AvgIpc) is 2.64. The minimum Gasteiger partial charge on any atom is -0.466 e. The van der Waals surface area contributed by atoms with Gasteiger partial charge in [0.25, 0.3) is 10.1 Å². The molecule has 0 aromatic heterocycles. The molecule has 0 bridgehead atoms. The quantitative estimate of drug-likeness (QED) is 0.116. The normalized spacial score (nSPS) is 13.1. The van der Waals surface area contributed by atoms with Crippen molar-refractivity contribution >= 4 is 16.1 Å². The van der Waals surface area contributed by atoms with Gasteiger partial charge in [0.2, 0.25) is 0 Å². The fourth-order valence-electron chi connectivity index (χ4n) is 3.01. The lowest BCUT2D eigenvalue weighted by atomic mass is 10.1. The largest absolute Gasteiger partial charge is 0.466 e. The van der Waals surface area contributed by atoms with Gasteiger partial charge >= 0.3 is 5.97 Å². The van der Waals surface area contributed by atoms with Gasteiger partial charge in [-0.2, -0.15) is 8.42 Å². The Kier molecular flexibility index (Phi) is 17.6.